The Morgan fingerprint density at radius 2 is 1.66 bits per heavy atom. The Kier molecular flexibility index (Phi) is 12.9. The minimum absolute atomic E-state index is 0.0206. The van der Waals surface area contributed by atoms with Crippen molar-refractivity contribution >= 4 is 45.8 Å². The van der Waals surface area contributed by atoms with Crippen LogP contribution in [0.2, 0.25) is 0 Å². The number of rotatable bonds is 12. The van der Waals surface area contributed by atoms with E-state index in [4.69, 9.17) is 28.9 Å². The number of methoxy groups -OCH3 is 2. The number of ether oxygens (including phenoxy) is 4. The highest BCUT2D eigenvalue weighted by atomic mass is 16.5. The van der Waals surface area contributed by atoms with E-state index < -0.39 is 30.3 Å². The minimum Gasteiger partial charge on any atom is -0.488 e. The van der Waals surface area contributed by atoms with Gasteiger partial charge in [-0.05, 0) is 104 Å². The first-order valence-electron chi connectivity index (χ1n) is 22.4. The van der Waals surface area contributed by atoms with Gasteiger partial charge in [-0.2, -0.15) is 0 Å². The largest absolute Gasteiger partial charge is 0.488 e. The molecule has 4 N–H and O–H groups in total. The number of carbonyl (C=O) groups is 4. The van der Waals surface area contributed by atoms with E-state index in [2.05, 4.69) is 70.8 Å². The van der Waals surface area contributed by atoms with Crippen LogP contribution < -0.4 is 15.4 Å². The van der Waals surface area contributed by atoms with Crippen molar-refractivity contribution in [1.82, 2.24) is 40.4 Å². The van der Waals surface area contributed by atoms with E-state index >= 15 is 0 Å². The first-order chi connectivity index (χ1) is 30.8. The Balaban J connectivity index is 1.04. The second-order valence-corrected chi connectivity index (χ2v) is 18.2. The number of benzene rings is 3. The van der Waals surface area contributed by atoms with Crippen molar-refractivity contribution in [1.29, 1.82) is 0 Å². The number of hydrogen-bond donors (Lipinski definition) is 4. The molecule has 16 nitrogen and oxygen atoms in total. The average Bonchev–Trinajstić information content (AvgIpc) is 4.06. The number of nitrogens with zero attached hydrogens (tertiary/aromatic N) is 4. The molecule has 0 radical (unpaired) electrons. The van der Waals surface area contributed by atoms with Gasteiger partial charge >= 0.3 is 12.2 Å². The molecule has 64 heavy (non-hydrogen) atoms. The fraction of sp³-hybridized carbons (Fsp3) is 0.500. The van der Waals surface area contributed by atoms with Crippen LogP contribution in [-0.2, 0) is 30.4 Å². The molecule has 5 atom stereocenters. The standard InChI is InChI=1S/C48H60N8O8/c1-25(2)23-55(45(57)41(54-48(60)62-8)29-15-17-63-18-16-29)28(6)43-50-36-13-11-30-20-35-33-12-10-31(19-32(33)24-64-39(35)21-34(30)42(36)52-43)37-22-49-44(51-37)38-14-9-27(5)56(38)46(58)40(26(3)4)53-47(59)61-7/h10-13,19-22,25-29,38,40-41H,9,14-18,23-24H2,1-8H3,(H,49,51)(H,50,52)(H,53,59)(H,54,60)/t27-,28-,38-,40-,41-/m0/s1. The van der Waals surface area contributed by atoms with Gasteiger partial charge in [0.05, 0.1) is 49.2 Å². The molecule has 0 aliphatic carbocycles. The first-order valence-corrected chi connectivity index (χ1v) is 22.4. The molecule has 2 saturated heterocycles. The van der Waals surface area contributed by atoms with Crippen LogP contribution in [0, 0.1) is 17.8 Å². The summed E-state index contributed by atoms with van der Waals surface area (Å²) >= 11 is 0. The monoisotopic (exact) mass is 876 g/mol. The summed E-state index contributed by atoms with van der Waals surface area (Å²) in [6.45, 7) is 13.9. The van der Waals surface area contributed by atoms with Gasteiger partial charge < -0.3 is 49.3 Å². The van der Waals surface area contributed by atoms with Crippen LogP contribution in [0.4, 0.5) is 9.59 Å². The van der Waals surface area contributed by atoms with E-state index in [9.17, 15) is 19.2 Å². The van der Waals surface area contributed by atoms with Gasteiger partial charge in [-0.15, -0.1) is 0 Å². The van der Waals surface area contributed by atoms with Crippen LogP contribution in [0.5, 0.6) is 5.75 Å². The maximum atomic E-state index is 14.4. The maximum absolute atomic E-state index is 14.4. The minimum atomic E-state index is -0.756. The fourth-order valence-corrected chi connectivity index (χ4v) is 9.58. The summed E-state index contributed by atoms with van der Waals surface area (Å²) in [5.41, 5.74) is 6.50. The molecule has 2 aromatic heterocycles. The van der Waals surface area contributed by atoms with Crippen molar-refractivity contribution in [3.05, 3.63) is 65.9 Å². The summed E-state index contributed by atoms with van der Waals surface area (Å²) in [7, 11) is 2.60. The molecule has 3 aliphatic rings. The molecule has 16 heteroatoms. The number of amides is 4. The molecule has 5 heterocycles. The molecule has 8 rings (SSSR count). The number of hydrogen-bond acceptors (Lipinski definition) is 10. The van der Waals surface area contributed by atoms with Crippen LogP contribution in [0.3, 0.4) is 0 Å². The molecular weight excluding hydrogens is 817 g/mol. The van der Waals surface area contributed by atoms with Crippen LogP contribution in [-0.4, -0.2) is 106 Å². The lowest BCUT2D eigenvalue weighted by atomic mass is 9.90. The van der Waals surface area contributed by atoms with Crippen molar-refractivity contribution in [3.63, 3.8) is 0 Å². The van der Waals surface area contributed by atoms with Gasteiger partial charge in [-0.3, -0.25) is 9.59 Å². The zero-order chi connectivity index (χ0) is 45.4. The SMILES string of the molecule is COC(=O)N[C@H](C(=O)N1[C@@H](C)CC[C@H]1c1ncc(-c2ccc3c(c2)COc2cc4c(ccc5[nH]c([C@H](C)N(CC(C)C)C(=O)[C@@H](NC(=O)OC)C6CCOCC6)nc54)cc2-3)[nH]1)C(C)C. The third-order valence-corrected chi connectivity index (χ3v) is 13.1. The first kappa shape index (κ1) is 44.4. The number of H-pyrrole nitrogens is 2. The normalized spacial score (nSPS) is 18.9. The van der Waals surface area contributed by atoms with Crippen LogP contribution >= 0.6 is 0 Å². The lowest BCUT2D eigenvalue weighted by Crippen LogP contribution is -2.54. The molecule has 340 valence electrons. The molecule has 3 aliphatic heterocycles. The number of aromatic nitrogens is 4. The third kappa shape index (κ3) is 8.71. The summed E-state index contributed by atoms with van der Waals surface area (Å²) in [5.74, 6) is 1.73. The second-order valence-electron chi connectivity index (χ2n) is 18.2. The molecule has 0 spiro atoms. The topological polar surface area (TPSA) is 193 Å². The molecule has 3 aromatic carbocycles. The predicted molar refractivity (Wildman–Crippen MR) is 241 cm³/mol. The van der Waals surface area contributed by atoms with E-state index in [1.807, 2.05) is 49.8 Å². The zero-order valence-corrected chi connectivity index (χ0v) is 37.9. The molecule has 4 amide bonds. The second kappa shape index (κ2) is 18.5. The van der Waals surface area contributed by atoms with E-state index in [0.717, 1.165) is 68.3 Å². The van der Waals surface area contributed by atoms with Gasteiger partial charge in [-0.25, -0.2) is 19.6 Å². The highest BCUT2D eigenvalue weighted by Gasteiger charge is 2.42. The van der Waals surface area contributed by atoms with Crippen molar-refractivity contribution in [2.75, 3.05) is 34.0 Å². The Labute approximate surface area is 373 Å². The highest BCUT2D eigenvalue weighted by molar-refractivity contribution is 6.07. The molecular formula is C48H60N8O8. The molecule has 0 unspecified atom stereocenters. The smallest absolute Gasteiger partial charge is 0.407 e. The summed E-state index contributed by atoms with van der Waals surface area (Å²) in [4.78, 5) is 73.5. The number of imidazole rings is 2. The summed E-state index contributed by atoms with van der Waals surface area (Å²) in [5, 5.41) is 7.50. The number of likely N-dealkylation sites (tertiary alicyclic amines) is 1. The van der Waals surface area contributed by atoms with Gasteiger partial charge in [0.2, 0.25) is 11.8 Å². The van der Waals surface area contributed by atoms with Crippen LogP contribution in [0.15, 0.2) is 48.7 Å². The molecule has 0 saturated carbocycles. The van der Waals surface area contributed by atoms with Crippen LogP contribution in [0.25, 0.3) is 44.2 Å². The Hall–Kier alpha value is -6.16. The summed E-state index contributed by atoms with van der Waals surface area (Å²) in [6.07, 6.45) is 3.43. The van der Waals surface area contributed by atoms with Crippen molar-refractivity contribution in [2.45, 2.75) is 104 Å². The van der Waals surface area contributed by atoms with E-state index in [0.29, 0.717) is 50.9 Å². The maximum Gasteiger partial charge on any atom is 0.407 e. The van der Waals surface area contributed by atoms with E-state index in [-0.39, 0.29) is 41.7 Å². The lowest BCUT2D eigenvalue weighted by Gasteiger charge is -2.36. The van der Waals surface area contributed by atoms with Gasteiger partial charge in [0.1, 0.15) is 36.1 Å². The van der Waals surface area contributed by atoms with Crippen molar-refractivity contribution < 1.29 is 38.1 Å². The Morgan fingerprint density at radius 3 is 2.38 bits per heavy atom. The van der Waals surface area contributed by atoms with Gasteiger partial charge in [0.15, 0.2) is 0 Å². The number of aromatic amines is 2. The van der Waals surface area contributed by atoms with Gasteiger partial charge in [0, 0.05) is 36.8 Å². The Morgan fingerprint density at radius 1 is 0.906 bits per heavy atom. The third-order valence-electron chi connectivity index (χ3n) is 13.1. The molecule has 0 bridgehead atoms. The van der Waals surface area contributed by atoms with Crippen LogP contribution in [0.1, 0.15) is 96.5 Å². The number of carbonyl (C=O) groups excluding carboxylic acids is 4. The molecule has 2 fully saturated rings. The number of alkyl carbamates (subject to hydrolysis) is 2. The fourth-order valence-electron chi connectivity index (χ4n) is 9.58. The zero-order valence-electron chi connectivity index (χ0n) is 37.9. The predicted octanol–water partition coefficient (Wildman–Crippen LogP) is 7.80. The number of fused-ring (bicyclic) bond motifs is 6. The Bertz CT molecular complexity index is 2540. The van der Waals surface area contributed by atoms with E-state index in [1.54, 1.807) is 0 Å². The lowest BCUT2D eigenvalue weighted by molar-refractivity contribution is -0.139. The van der Waals surface area contributed by atoms with Crippen molar-refractivity contribution in [3.8, 4) is 28.1 Å². The quantitative estimate of drug-likeness (QED) is 0.0962. The van der Waals surface area contributed by atoms with Gasteiger partial charge in [0.25, 0.3) is 0 Å². The average molecular weight is 877 g/mol. The number of nitrogens with one attached hydrogen (secondary N) is 4. The molecule has 5 aromatic rings. The van der Waals surface area contributed by atoms with Gasteiger partial charge in [-0.1, -0.05) is 45.9 Å². The summed E-state index contributed by atoms with van der Waals surface area (Å²) < 4.78 is 21.8. The van der Waals surface area contributed by atoms with Crippen molar-refractivity contribution in [2.24, 2.45) is 17.8 Å². The van der Waals surface area contributed by atoms with E-state index in [1.165, 1.54) is 14.2 Å². The summed E-state index contributed by atoms with van der Waals surface area (Å²) in [6, 6.07) is 12.4. The highest BCUT2D eigenvalue weighted by Crippen LogP contribution is 2.43.